The summed E-state index contributed by atoms with van der Waals surface area (Å²) in [7, 11) is 1.64. The third-order valence-electron chi connectivity index (χ3n) is 2.02. The second-order valence-corrected chi connectivity index (χ2v) is 3.44. The molecular formula is C11H10ClN2O. The number of rotatable bonds is 3. The molecule has 0 spiro atoms. The number of methoxy groups -OCH3 is 1. The van der Waals surface area contributed by atoms with Crippen molar-refractivity contribution in [3.63, 3.8) is 0 Å². The van der Waals surface area contributed by atoms with Gasteiger partial charge in [-0.1, -0.05) is 23.7 Å². The van der Waals surface area contributed by atoms with Crippen molar-refractivity contribution in [2.75, 3.05) is 7.11 Å². The van der Waals surface area contributed by atoms with Crippen molar-refractivity contribution in [3.05, 3.63) is 47.2 Å². The number of halogens is 1. The Kier molecular flexibility index (Phi) is 3.04. The highest BCUT2D eigenvalue weighted by Gasteiger charge is 2.07. The fraction of sp³-hybridized carbons (Fsp3) is 0.182. The molecule has 2 aromatic rings. The molecule has 0 atom stereocenters. The minimum absolute atomic E-state index is 0.464. The smallest absolute Gasteiger partial charge is 0.0891 e. The van der Waals surface area contributed by atoms with Crippen LogP contribution < -0.4 is 0 Å². The highest BCUT2D eigenvalue weighted by atomic mass is 35.5. The highest BCUT2D eigenvalue weighted by molar-refractivity contribution is 6.32. The van der Waals surface area contributed by atoms with E-state index in [0.717, 1.165) is 11.4 Å². The van der Waals surface area contributed by atoms with E-state index in [9.17, 15) is 0 Å². The van der Waals surface area contributed by atoms with Crippen molar-refractivity contribution < 1.29 is 4.74 Å². The number of benzene rings is 1. The van der Waals surface area contributed by atoms with E-state index in [-0.39, 0.29) is 0 Å². The zero-order valence-electron chi connectivity index (χ0n) is 8.27. The zero-order valence-corrected chi connectivity index (χ0v) is 9.03. The lowest BCUT2D eigenvalue weighted by Crippen LogP contribution is -2.03. The van der Waals surface area contributed by atoms with Gasteiger partial charge in [0.1, 0.15) is 0 Å². The van der Waals surface area contributed by atoms with Gasteiger partial charge < -0.3 is 4.74 Å². The van der Waals surface area contributed by atoms with Gasteiger partial charge in [-0.25, -0.2) is 4.68 Å². The number of ether oxygens (including phenoxy) is 1. The Hall–Kier alpha value is -1.32. The van der Waals surface area contributed by atoms with Gasteiger partial charge in [0.25, 0.3) is 0 Å². The van der Waals surface area contributed by atoms with Crippen molar-refractivity contribution >= 4 is 11.6 Å². The Morgan fingerprint density at radius 2 is 2.27 bits per heavy atom. The van der Waals surface area contributed by atoms with Gasteiger partial charge in [0.2, 0.25) is 0 Å². The van der Waals surface area contributed by atoms with Crippen molar-refractivity contribution in [2.45, 2.75) is 6.61 Å². The summed E-state index contributed by atoms with van der Waals surface area (Å²) in [5, 5.41) is 4.82. The minimum atomic E-state index is 0.464. The van der Waals surface area contributed by atoms with Gasteiger partial charge in [-0.05, 0) is 12.1 Å². The molecule has 0 amide bonds. The van der Waals surface area contributed by atoms with Crippen molar-refractivity contribution in [1.82, 2.24) is 9.78 Å². The van der Waals surface area contributed by atoms with E-state index in [1.807, 2.05) is 24.3 Å². The van der Waals surface area contributed by atoms with Crippen LogP contribution in [0.5, 0.6) is 0 Å². The van der Waals surface area contributed by atoms with Crippen molar-refractivity contribution in [1.29, 1.82) is 0 Å². The predicted molar refractivity (Wildman–Crippen MR) is 58.1 cm³/mol. The van der Waals surface area contributed by atoms with E-state index < -0.39 is 0 Å². The fourth-order valence-electron chi connectivity index (χ4n) is 1.36. The molecule has 15 heavy (non-hydrogen) atoms. The monoisotopic (exact) mass is 221 g/mol. The van der Waals surface area contributed by atoms with E-state index in [1.165, 1.54) is 0 Å². The van der Waals surface area contributed by atoms with Crippen LogP contribution >= 0.6 is 11.6 Å². The van der Waals surface area contributed by atoms with E-state index >= 15 is 0 Å². The van der Waals surface area contributed by atoms with Gasteiger partial charge in [0, 0.05) is 13.2 Å². The van der Waals surface area contributed by atoms with Crippen LogP contribution in [0.3, 0.4) is 0 Å². The summed E-state index contributed by atoms with van der Waals surface area (Å²) in [5.41, 5.74) is 1.69. The molecule has 0 aliphatic rings. The number of aromatic nitrogens is 2. The SMILES string of the molecule is COCc1[c]cnn1-c1ccccc1Cl. The average molecular weight is 222 g/mol. The summed E-state index contributed by atoms with van der Waals surface area (Å²) in [5.74, 6) is 0. The highest BCUT2D eigenvalue weighted by Crippen LogP contribution is 2.20. The third kappa shape index (κ3) is 2.03. The minimum Gasteiger partial charge on any atom is -0.378 e. The van der Waals surface area contributed by atoms with Crippen LogP contribution in [0.25, 0.3) is 5.69 Å². The van der Waals surface area contributed by atoms with Crippen LogP contribution in [0.4, 0.5) is 0 Å². The standard InChI is InChI=1S/C11H10ClN2O/c1-15-8-9-6-7-13-14(9)11-5-3-2-4-10(11)12/h2-5,7H,8H2,1H3. The molecule has 77 valence electrons. The maximum Gasteiger partial charge on any atom is 0.0891 e. The van der Waals surface area contributed by atoms with Crippen molar-refractivity contribution in [3.8, 4) is 5.69 Å². The topological polar surface area (TPSA) is 27.1 Å². The van der Waals surface area contributed by atoms with Gasteiger partial charge in [-0.3, -0.25) is 0 Å². The molecule has 1 aromatic carbocycles. The number of para-hydroxylation sites is 1. The van der Waals surface area contributed by atoms with Gasteiger partial charge in [-0.2, -0.15) is 5.10 Å². The Morgan fingerprint density at radius 3 is 3.00 bits per heavy atom. The molecule has 1 heterocycles. The molecule has 4 heteroatoms. The molecule has 2 rings (SSSR count). The van der Waals surface area contributed by atoms with Gasteiger partial charge in [-0.15, -0.1) is 0 Å². The predicted octanol–water partition coefficient (Wildman–Crippen LogP) is 2.47. The Bertz CT molecular complexity index is 453. The van der Waals surface area contributed by atoms with Gasteiger partial charge >= 0.3 is 0 Å². The average Bonchev–Trinajstić information content (AvgIpc) is 2.67. The van der Waals surface area contributed by atoms with Crippen LogP contribution in [0.2, 0.25) is 5.02 Å². The zero-order chi connectivity index (χ0) is 10.7. The molecule has 0 fully saturated rings. The Morgan fingerprint density at radius 1 is 1.47 bits per heavy atom. The van der Waals surface area contributed by atoms with Crippen LogP contribution in [0, 0.1) is 6.07 Å². The summed E-state index contributed by atoms with van der Waals surface area (Å²) in [6.45, 7) is 0.464. The molecule has 0 saturated heterocycles. The van der Waals surface area contributed by atoms with Crippen LogP contribution in [0.15, 0.2) is 30.5 Å². The first-order chi connectivity index (χ1) is 7.33. The normalized spacial score (nSPS) is 10.5. The van der Waals surface area contributed by atoms with E-state index in [1.54, 1.807) is 18.0 Å². The summed E-state index contributed by atoms with van der Waals surface area (Å²) in [6.07, 6.45) is 1.61. The molecular weight excluding hydrogens is 212 g/mol. The maximum atomic E-state index is 6.07. The fourth-order valence-corrected chi connectivity index (χ4v) is 1.58. The maximum absolute atomic E-state index is 6.07. The third-order valence-corrected chi connectivity index (χ3v) is 2.34. The lowest BCUT2D eigenvalue weighted by molar-refractivity contribution is 0.179. The van der Waals surface area contributed by atoms with Gasteiger partial charge in [0.15, 0.2) is 0 Å². The molecule has 0 aliphatic carbocycles. The second-order valence-electron chi connectivity index (χ2n) is 3.03. The van der Waals surface area contributed by atoms with E-state index in [4.69, 9.17) is 16.3 Å². The first-order valence-corrected chi connectivity index (χ1v) is 4.89. The molecule has 0 saturated carbocycles. The van der Waals surface area contributed by atoms with Crippen molar-refractivity contribution in [2.24, 2.45) is 0 Å². The van der Waals surface area contributed by atoms with Crippen LogP contribution in [-0.2, 0) is 11.3 Å². The van der Waals surface area contributed by atoms with Gasteiger partial charge in [0.05, 0.1) is 29.2 Å². The Balaban J connectivity index is 2.45. The van der Waals surface area contributed by atoms with E-state index in [2.05, 4.69) is 11.2 Å². The summed E-state index contributed by atoms with van der Waals surface area (Å²) in [4.78, 5) is 0. The van der Waals surface area contributed by atoms with E-state index in [0.29, 0.717) is 11.6 Å². The molecule has 0 bridgehead atoms. The first-order valence-electron chi connectivity index (χ1n) is 4.51. The number of hydrogen-bond acceptors (Lipinski definition) is 2. The molecule has 0 aliphatic heterocycles. The second kappa shape index (κ2) is 4.47. The summed E-state index contributed by atoms with van der Waals surface area (Å²) in [6, 6.07) is 10.5. The molecule has 1 aromatic heterocycles. The number of nitrogens with zero attached hydrogens (tertiary/aromatic N) is 2. The Labute approximate surface area is 93.2 Å². The lowest BCUT2D eigenvalue weighted by atomic mass is 10.3. The molecule has 0 unspecified atom stereocenters. The largest absolute Gasteiger partial charge is 0.378 e. The number of hydrogen-bond donors (Lipinski definition) is 0. The van der Waals surface area contributed by atoms with Crippen LogP contribution in [-0.4, -0.2) is 16.9 Å². The molecule has 0 N–H and O–H groups in total. The van der Waals surface area contributed by atoms with Crippen LogP contribution in [0.1, 0.15) is 5.69 Å². The quantitative estimate of drug-likeness (QED) is 0.796. The molecule has 1 radical (unpaired) electrons. The first kappa shape index (κ1) is 10.2. The lowest BCUT2D eigenvalue weighted by Gasteiger charge is -2.07. The summed E-state index contributed by atoms with van der Waals surface area (Å²) >= 11 is 6.07. The summed E-state index contributed by atoms with van der Waals surface area (Å²) < 4.78 is 6.78. The molecule has 3 nitrogen and oxygen atoms in total.